The number of hydrogen-bond donors (Lipinski definition) is 2. The second-order valence-corrected chi connectivity index (χ2v) is 4.99. The summed E-state index contributed by atoms with van der Waals surface area (Å²) in [6.07, 6.45) is 2.30. The van der Waals surface area contributed by atoms with Gasteiger partial charge in [-0.3, -0.25) is 9.59 Å². The zero-order valence-electron chi connectivity index (χ0n) is 11.4. The molecule has 0 aromatic carbocycles. The topological polar surface area (TPSA) is 90.0 Å². The second kappa shape index (κ2) is 6.96. The first-order valence-corrected chi connectivity index (χ1v) is 6.35. The molecule has 7 nitrogen and oxygen atoms in total. The highest BCUT2D eigenvalue weighted by molar-refractivity contribution is 5.81. The number of nitrogens with zero attached hydrogens (tertiary/aromatic N) is 2. The number of nitrogens with one attached hydrogen (secondary N) is 1. The van der Waals surface area contributed by atoms with Gasteiger partial charge in [0.05, 0.1) is 0 Å². The van der Waals surface area contributed by atoms with Gasteiger partial charge < -0.3 is 20.2 Å². The number of aliphatic carboxylic acids is 1. The lowest BCUT2D eigenvalue weighted by atomic mass is 10.3. The van der Waals surface area contributed by atoms with E-state index in [0.29, 0.717) is 12.5 Å². The van der Waals surface area contributed by atoms with Crippen LogP contribution in [-0.4, -0.2) is 66.5 Å². The van der Waals surface area contributed by atoms with E-state index in [-0.39, 0.29) is 25.4 Å². The molecule has 1 saturated carbocycles. The van der Waals surface area contributed by atoms with Gasteiger partial charge in [0.1, 0.15) is 6.54 Å². The largest absolute Gasteiger partial charge is 0.480 e. The summed E-state index contributed by atoms with van der Waals surface area (Å²) in [5, 5.41) is 11.4. The summed E-state index contributed by atoms with van der Waals surface area (Å²) >= 11 is 0. The van der Waals surface area contributed by atoms with Gasteiger partial charge in [-0.1, -0.05) is 0 Å². The fourth-order valence-corrected chi connectivity index (χ4v) is 1.61. The van der Waals surface area contributed by atoms with Crippen LogP contribution in [0.25, 0.3) is 0 Å². The Morgan fingerprint density at radius 3 is 2.37 bits per heavy atom. The molecular weight excluding hydrogens is 250 g/mol. The number of amides is 3. The normalized spacial score (nSPS) is 13.8. The Labute approximate surface area is 112 Å². The van der Waals surface area contributed by atoms with Crippen LogP contribution >= 0.6 is 0 Å². The van der Waals surface area contributed by atoms with Crippen LogP contribution in [0.5, 0.6) is 0 Å². The summed E-state index contributed by atoms with van der Waals surface area (Å²) in [6.45, 7) is 0.389. The number of rotatable bonds is 7. The van der Waals surface area contributed by atoms with Crippen molar-refractivity contribution < 1.29 is 19.5 Å². The zero-order chi connectivity index (χ0) is 14.4. The molecule has 0 radical (unpaired) electrons. The van der Waals surface area contributed by atoms with E-state index in [9.17, 15) is 14.4 Å². The van der Waals surface area contributed by atoms with Crippen molar-refractivity contribution in [2.24, 2.45) is 5.92 Å². The van der Waals surface area contributed by atoms with Crippen molar-refractivity contribution in [2.45, 2.75) is 19.3 Å². The third kappa shape index (κ3) is 6.08. The number of carboxylic acid groups (broad SMARTS) is 1. The summed E-state index contributed by atoms with van der Waals surface area (Å²) in [6, 6.07) is -0.416. The minimum absolute atomic E-state index is 0.0766. The van der Waals surface area contributed by atoms with Gasteiger partial charge in [-0.25, -0.2) is 4.79 Å². The molecule has 108 valence electrons. The third-order valence-corrected chi connectivity index (χ3v) is 2.90. The van der Waals surface area contributed by atoms with Crippen LogP contribution in [0.3, 0.4) is 0 Å². The van der Waals surface area contributed by atoms with E-state index >= 15 is 0 Å². The SMILES string of the molecule is CN(C)C(=O)CCNC(=O)N(CC(=O)O)CC1CC1. The van der Waals surface area contributed by atoms with E-state index in [1.165, 1.54) is 9.80 Å². The van der Waals surface area contributed by atoms with Gasteiger partial charge in [-0.05, 0) is 18.8 Å². The predicted octanol–water partition coefficient (Wildman–Crippen LogP) is -0.0291. The molecule has 3 amide bonds. The maximum absolute atomic E-state index is 11.8. The molecule has 1 rings (SSSR count). The van der Waals surface area contributed by atoms with Crippen LogP contribution in [0.4, 0.5) is 4.79 Å². The highest BCUT2D eigenvalue weighted by Crippen LogP contribution is 2.29. The van der Waals surface area contributed by atoms with Gasteiger partial charge in [0.25, 0.3) is 0 Å². The first-order chi connectivity index (χ1) is 8.90. The molecule has 0 spiro atoms. The van der Waals surface area contributed by atoms with Crippen LogP contribution in [0, 0.1) is 5.92 Å². The molecule has 7 heteroatoms. The minimum atomic E-state index is -1.03. The summed E-state index contributed by atoms with van der Waals surface area (Å²) < 4.78 is 0. The van der Waals surface area contributed by atoms with Gasteiger partial charge >= 0.3 is 12.0 Å². The summed E-state index contributed by atoms with van der Waals surface area (Å²) in [5.74, 6) is -0.680. The van der Waals surface area contributed by atoms with Crippen molar-refractivity contribution in [2.75, 3.05) is 33.7 Å². The van der Waals surface area contributed by atoms with E-state index < -0.39 is 12.0 Å². The summed E-state index contributed by atoms with van der Waals surface area (Å²) in [7, 11) is 3.29. The molecule has 2 N–H and O–H groups in total. The van der Waals surface area contributed by atoms with E-state index in [1.807, 2.05) is 0 Å². The van der Waals surface area contributed by atoms with Gasteiger partial charge in [0.15, 0.2) is 0 Å². The molecule has 1 aliphatic carbocycles. The number of carbonyl (C=O) groups is 3. The van der Waals surface area contributed by atoms with E-state index in [4.69, 9.17) is 5.11 Å². The number of carbonyl (C=O) groups excluding carboxylic acids is 2. The maximum Gasteiger partial charge on any atom is 0.323 e. The molecule has 19 heavy (non-hydrogen) atoms. The van der Waals surface area contributed by atoms with Gasteiger partial charge in [0, 0.05) is 33.6 Å². The first-order valence-electron chi connectivity index (χ1n) is 6.35. The molecule has 0 aliphatic heterocycles. The number of urea groups is 1. The van der Waals surface area contributed by atoms with Crippen LogP contribution < -0.4 is 5.32 Å². The average Bonchev–Trinajstić information content (AvgIpc) is 3.11. The van der Waals surface area contributed by atoms with Crippen LogP contribution in [0.1, 0.15) is 19.3 Å². The molecule has 0 aromatic rings. The molecule has 0 atom stereocenters. The fourth-order valence-electron chi connectivity index (χ4n) is 1.61. The Kier molecular flexibility index (Phi) is 5.59. The van der Waals surface area contributed by atoms with Crippen LogP contribution in [0.2, 0.25) is 0 Å². The van der Waals surface area contributed by atoms with Crippen molar-refractivity contribution in [1.29, 1.82) is 0 Å². The van der Waals surface area contributed by atoms with Crippen LogP contribution in [-0.2, 0) is 9.59 Å². The lowest BCUT2D eigenvalue weighted by Gasteiger charge is -2.21. The van der Waals surface area contributed by atoms with Crippen molar-refractivity contribution in [3.8, 4) is 0 Å². The average molecular weight is 271 g/mol. The number of hydrogen-bond acceptors (Lipinski definition) is 3. The first kappa shape index (κ1) is 15.3. The number of carboxylic acids is 1. The van der Waals surface area contributed by atoms with E-state index in [1.54, 1.807) is 14.1 Å². The second-order valence-electron chi connectivity index (χ2n) is 4.99. The van der Waals surface area contributed by atoms with E-state index in [2.05, 4.69) is 5.32 Å². The lowest BCUT2D eigenvalue weighted by molar-refractivity contribution is -0.137. The third-order valence-electron chi connectivity index (χ3n) is 2.90. The molecule has 1 aliphatic rings. The molecule has 1 fully saturated rings. The summed E-state index contributed by atoms with van der Waals surface area (Å²) in [4.78, 5) is 36.6. The summed E-state index contributed by atoms with van der Waals surface area (Å²) in [5.41, 5.74) is 0. The Morgan fingerprint density at radius 1 is 1.26 bits per heavy atom. The fraction of sp³-hybridized carbons (Fsp3) is 0.750. The van der Waals surface area contributed by atoms with Crippen molar-refractivity contribution in [3.05, 3.63) is 0 Å². The van der Waals surface area contributed by atoms with Crippen LogP contribution in [0.15, 0.2) is 0 Å². The Bertz CT molecular complexity index is 353. The van der Waals surface area contributed by atoms with Crippen molar-refractivity contribution in [1.82, 2.24) is 15.1 Å². The van der Waals surface area contributed by atoms with Gasteiger partial charge in [-0.15, -0.1) is 0 Å². The molecule has 0 aromatic heterocycles. The monoisotopic (exact) mass is 271 g/mol. The Hall–Kier alpha value is -1.79. The molecule has 0 bridgehead atoms. The quantitative estimate of drug-likeness (QED) is 0.680. The predicted molar refractivity (Wildman–Crippen MR) is 68.6 cm³/mol. The molecular formula is C12H21N3O4. The smallest absolute Gasteiger partial charge is 0.323 e. The van der Waals surface area contributed by atoms with Gasteiger partial charge in [-0.2, -0.15) is 0 Å². The lowest BCUT2D eigenvalue weighted by Crippen LogP contribution is -2.44. The van der Waals surface area contributed by atoms with Crippen molar-refractivity contribution >= 4 is 17.9 Å². The highest BCUT2D eigenvalue weighted by atomic mass is 16.4. The van der Waals surface area contributed by atoms with Crippen molar-refractivity contribution in [3.63, 3.8) is 0 Å². The Balaban J connectivity index is 2.33. The molecule has 0 saturated heterocycles. The standard InChI is InChI=1S/C12H21N3O4/c1-14(2)10(16)5-6-13-12(19)15(8-11(17)18)7-9-3-4-9/h9H,3-8H2,1-2H3,(H,13,19)(H,17,18). The van der Waals surface area contributed by atoms with E-state index in [0.717, 1.165) is 12.8 Å². The molecule has 0 heterocycles. The zero-order valence-corrected chi connectivity index (χ0v) is 11.4. The van der Waals surface area contributed by atoms with Gasteiger partial charge in [0.2, 0.25) is 5.91 Å². The Morgan fingerprint density at radius 2 is 1.89 bits per heavy atom. The minimum Gasteiger partial charge on any atom is -0.480 e. The highest BCUT2D eigenvalue weighted by Gasteiger charge is 2.27. The maximum atomic E-state index is 11.8. The molecule has 0 unspecified atom stereocenters.